The number of benzene rings is 1. The number of carbonyl (C=O) groups is 2. The number of ether oxygens (including phenoxy) is 5. The number of aliphatic hydroxyl groups is 1. The molecule has 5 unspecified atom stereocenters. The zero-order valence-electron chi connectivity index (χ0n) is 33.7. The molecule has 1 aromatic carbocycles. The summed E-state index contributed by atoms with van der Waals surface area (Å²) in [5.74, 6) is 0.924. The van der Waals surface area contributed by atoms with Crippen molar-refractivity contribution < 1.29 is 38.4 Å². The van der Waals surface area contributed by atoms with Crippen LogP contribution in [-0.4, -0.2) is 83.8 Å². The van der Waals surface area contributed by atoms with Gasteiger partial charge in [0, 0.05) is 74.3 Å². The molecule has 0 radical (unpaired) electrons. The number of fused-ring (bicyclic) bond motifs is 1. The number of esters is 1. The van der Waals surface area contributed by atoms with E-state index in [4.69, 9.17) is 23.7 Å². The molecule has 5 rings (SSSR count). The van der Waals surface area contributed by atoms with E-state index >= 15 is 0 Å². The molecular weight excluding hydrogens is 705 g/mol. The lowest BCUT2D eigenvalue weighted by molar-refractivity contribution is -0.204. The third kappa shape index (κ3) is 10.7. The van der Waals surface area contributed by atoms with Crippen LogP contribution in [0, 0.1) is 29.6 Å². The molecule has 54 heavy (non-hydrogen) atoms. The fraction of sp³-hybridized carbons (Fsp3) is 0.698. The van der Waals surface area contributed by atoms with E-state index in [2.05, 4.69) is 35.9 Å². The van der Waals surface area contributed by atoms with E-state index in [-0.39, 0.29) is 41.5 Å². The Morgan fingerprint density at radius 1 is 0.981 bits per heavy atom. The van der Waals surface area contributed by atoms with Gasteiger partial charge in [-0.2, -0.15) is 0 Å². The van der Waals surface area contributed by atoms with Gasteiger partial charge in [0.1, 0.15) is 17.1 Å². The molecule has 3 fully saturated rings. The summed E-state index contributed by atoms with van der Waals surface area (Å²) in [6, 6.07) is 10.1. The number of methoxy groups -OCH3 is 2. The Labute approximate surface area is 327 Å². The first-order valence-electron chi connectivity index (χ1n) is 20.0. The van der Waals surface area contributed by atoms with Crippen LogP contribution in [0.15, 0.2) is 42.7 Å². The highest BCUT2D eigenvalue weighted by molar-refractivity contribution is 8.00. The third-order valence-corrected chi connectivity index (χ3v) is 13.5. The Morgan fingerprint density at radius 2 is 1.70 bits per heavy atom. The van der Waals surface area contributed by atoms with E-state index in [1.165, 1.54) is 12.8 Å². The lowest BCUT2D eigenvalue weighted by Gasteiger charge is -2.46. The fourth-order valence-corrected chi connectivity index (χ4v) is 10.5. The number of cyclic esters (lactones) is 1. The maximum absolute atomic E-state index is 14.1. The number of Topliss-reactive ketones (excluding diaryl/α,β-unsaturated/α-hetero) is 1. The van der Waals surface area contributed by atoms with Crippen LogP contribution in [0.5, 0.6) is 11.5 Å². The number of aromatic nitrogens is 1. The molecule has 3 aliphatic rings. The van der Waals surface area contributed by atoms with Crippen molar-refractivity contribution in [2.45, 2.75) is 135 Å². The second-order valence-electron chi connectivity index (χ2n) is 16.4. The first-order chi connectivity index (χ1) is 25.8. The van der Waals surface area contributed by atoms with Gasteiger partial charge < -0.3 is 33.7 Å². The number of hydrogen-bond acceptors (Lipinski definition) is 11. The molecule has 2 saturated heterocycles. The summed E-state index contributed by atoms with van der Waals surface area (Å²) in [6.45, 7) is 13.3. The summed E-state index contributed by atoms with van der Waals surface area (Å²) in [7, 11) is 3.38. The fourth-order valence-electron chi connectivity index (χ4n) is 9.04. The van der Waals surface area contributed by atoms with Gasteiger partial charge in [0.05, 0.1) is 24.9 Å². The van der Waals surface area contributed by atoms with Gasteiger partial charge in [0.2, 0.25) is 0 Å². The summed E-state index contributed by atoms with van der Waals surface area (Å²) in [4.78, 5) is 34.5. The average molecular weight is 769 g/mol. The van der Waals surface area contributed by atoms with Crippen molar-refractivity contribution in [3.8, 4) is 11.5 Å². The van der Waals surface area contributed by atoms with Crippen LogP contribution in [0.25, 0.3) is 0 Å². The second kappa shape index (κ2) is 19.3. The normalized spacial score (nSPS) is 33.0. The first kappa shape index (κ1) is 42.3. The van der Waals surface area contributed by atoms with Crippen LogP contribution in [0.2, 0.25) is 0 Å². The smallest absolute Gasteiger partial charge is 0.319 e. The van der Waals surface area contributed by atoms with Gasteiger partial charge in [-0.25, -0.2) is 0 Å². The largest absolute Gasteiger partial charge is 0.493 e. The third-order valence-electron chi connectivity index (χ3n) is 12.2. The van der Waals surface area contributed by atoms with Crippen LogP contribution >= 0.6 is 11.8 Å². The second-order valence-corrected chi connectivity index (χ2v) is 17.6. The standard InChI is InChI=1S/C43H64N2O8S/c1-27-23-28(2)41(47)51-30(4)39-31(5)52-42(48)40(38(39)29(3)35(46)15-18-43(6,25-27)50-8)54-22-21-45(26-32-16-19-44-20-17-32)33-13-14-36(49-7)37(24-33)53-34-11-9-10-12-34/h13-14,16-17,19-20,24,27-31,34,38-41,47H,9-12,15,18,21-23,25-26H2,1-8H3/t27-,28+,29-,30+,31?,38?,39?,40?,41-,43?/m0/s1. The van der Waals surface area contributed by atoms with Gasteiger partial charge in [-0.05, 0) is 107 Å². The van der Waals surface area contributed by atoms with E-state index in [1.54, 1.807) is 38.4 Å². The van der Waals surface area contributed by atoms with Gasteiger partial charge in [-0.1, -0.05) is 20.8 Å². The lowest BCUT2D eigenvalue weighted by atomic mass is 9.71. The Morgan fingerprint density at radius 3 is 2.39 bits per heavy atom. The number of nitrogens with zero attached hydrogens (tertiary/aromatic N) is 2. The van der Waals surface area contributed by atoms with Crippen LogP contribution in [0.3, 0.4) is 0 Å². The summed E-state index contributed by atoms with van der Waals surface area (Å²) in [5, 5.41) is 10.7. The molecule has 2 aliphatic heterocycles. The van der Waals surface area contributed by atoms with Gasteiger partial charge >= 0.3 is 5.97 Å². The highest BCUT2D eigenvalue weighted by Crippen LogP contribution is 2.44. The predicted molar refractivity (Wildman–Crippen MR) is 213 cm³/mol. The molecule has 1 aromatic heterocycles. The highest BCUT2D eigenvalue weighted by atomic mass is 32.2. The molecule has 1 aliphatic carbocycles. The Kier molecular flexibility index (Phi) is 15.1. The number of hydrogen-bond donors (Lipinski definition) is 1. The average Bonchev–Trinajstić information content (AvgIpc) is 3.66. The number of pyridine rings is 1. The van der Waals surface area contributed by atoms with Crippen molar-refractivity contribution >= 4 is 29.2 Å². The maximum Gasteiger partial charge on any atom is 0.319 e. The number of anilines is 1. The van der Waals surface area contributed by atoms with Crippen molar-refractivity contribution in [3.63, 3.8) is 0 Å². The summed E-state index contributed by atoms with van der Waals surface area (Å²) < 4.78 is 30.6. The molecule has 1 N–H and O–H groups in total. The first-order valence-corrected chi connectivity index (χ1v) is 21.1. The monoisotopic (exact) mass is 768 g/mol. The van der Waals surface area contributed by atoms with Crippen LogP contribution in [-0.2, 0) is 30.3 Å². The number of ketones is 1. The summed E-state index contributed by atoms with van der Waals surface area (Å²) >= 11 is 1.54. The number of carbonyl (C=O) groups excluding carboxylic acids is 2. The minimum atomic E-state index is -0.990. The zero-order valence-corrected chi connectivity index (χ0v) is 34.5. The van der Waals surface area contributed by atoms with Gasteiger partial charge in [0.15, 0.2) is 17.8 Å². The van der Waals surface area contributed by atoms with Gasteiger partial charge in [-0.3, -0.25) is 14.6 Å². The van der Waals surface area contributed by atoms with Crippen LogP contribution < -0.4 is 14.4 Å². The molecule has 10 nitrogen and oxygen atoms in total. The molecule has 0 amide bonds. The van der Waals surface area contributed by atoms with Crippen LogP contribution in [0.1, 0.15) is 98.5 Å². The van der Waals surface area contributed by atoms with Gasteiger partial charge in [0.25, 0.3) is 0 Å². The van der Waals surface area contributed by atoms with E-state index in [9.17, 15) is 14.7 Å². The minimum Gasteiger partial charge on any atom is -0.493 e. The Hall–Kier alpha value is -2.86. The van der Waals surface area contributed by atoms with Gasteiger partial charge in [-0.15, -0.1) is 11.8 Å². The molecule has 300 valence electrons. The number of rotatable bonds is 11. The zero-order chi connectivity index (χ0) is 39.0. The van der Waals surface area contributed by atoms with E-state index in [0.717, 1.165) is 42.7 Å². The molecule has 0 spiro atoms. The minimum absolute atomic E-state index is 0.107. The van der Waals surface area contributed by atoms with E-state index in [1.807, 2.05) is 45.9 Å². The molecular formula is C43H64N2O8S. The topological polar surface area (TPSA) is 117 Å². The molecule has 2 aromatic rings. The lowest BCUT2D eigenvalue weighted by Crippen LogP contribution is -2.54. The highest BCUT2D eigenvalue weighted by Gasteiger charge is 2.51. The summed E-state index contributed by atoms with van der Waals surface area (Å²) in [5.41, 5.74) is 1.61. The number of aliphatic hydroxyl groups excluding tert-OH is 1. The molecule has 3 heterocycles. The molecule has 0 bridgehead atoms. The molecule has 1 saturated carbocycles. The van der Waals surface area contributed by atoms with Crippen molar-refractivity contribution in [3.05, 3.63) is 48.3 Å². The van der Waals surface area contributed by atoms with E-state index < -0.39 is 35.3 Å². The van der Waals surface area contributed by atoms with Crippen molar-refractivity contribution in [1.82, 2.24) is 4.98 Å². The Balaban J connectivity index is 1.41. The van der Waals surface area contributed by atoms with Crippen LogP contribution in [0.4, 0.5) is 5.69 Å². The summed E-state index contributed by atoms with van der Waals surface area (Å²) in [6.07, 6.45) is 8.75. The maximum atomic E-state index is 14.1. The van der Waals surface area contributed by atoms with Crippen molar-refractivity contribution in [2.75, 3.05) is 31.4 Å². The quantitative estimate of drug-likeness (QED) is 0.225. The molecule has 10 atom stereocenters. The predicted octanol–water partition coefficient (Wildman–Crippen LogP) is 7.88. The Bertz CT molecular complexity index is 1510. The van der Waals surface area contributed by atoms with Crippen molar-refractivity contribution in [2.24, 2.45) is 29.6 Å². The number of thioether (sulfide) groups is 1. The molecule has 11 heteroatoms. The SMILES string of the molecule is COc1ccc(N(CCSC2C(=O)OC(C)C3C2[C@@H](C)C(=O)CCC(C)(OC)C[C@@H](C)C[C@@H](C)[C@@H](O)O[C@@H]3C)Cc2ccncc2)cc1OC1CCCC1. The van der Waals surface area contributed by atoms with E-state index in [0.29, 0.717) is 37.4 Å². The van der Waals surface area contributed by atoms with Crippen molar-refractivity contribution in [1.29, 1.82) is 0 Å².